The lowest BCUT2D eigenvalue weighted by atomic mass is 10.4. The van der Waals surface area contributed by atoms with Crippen molar-refractivity contribution in [3.8, 4) is 0 Å². The van der Waals surface area contributed by atoms with Crippen LogP contribution in [0.3, 0.4) is 0 Å². The molecule has 0 aliphatic rings. The molecule has 9 nitrogen and oxygen atoms in total. The Morgan fingerprint density at radius 1 is 1.13 bits per heavy atom. The number of primary amides is 1. The number of hydrogen-bond acceptors (Lipinski definition) is 6. The van der Waals surface area contributed by atoms with Crippen molar-refractivity contribution < 1.29 is 28.0 Å². The number of hydrogen-bond donors (Lipinski definition) is 4. The van der Waals surface area contributed by atoms with E-state index in [0.717, 1.165) is 6.42 Å². The number of nitrogens with two attached hydrogens (primary N) is 2. The van der Waals surface area contributed by atoms with Crippen LogP contribution in [0.5, 0.6) is 0 Å². The van der Waals surface area contributed by atoms with E-state index in [9.17, 15) is 9.59 Å². The van der Waals surface area contributed by atoms with Gasteiger partial charge in [0.05, 0.1) is 0 Å². The Bertz CT molecular complexity index is 314. The van der Waals surface area contributed by atoms with E-state index in [4.69, 9.17) is 29.9 Å². The standard InChI is InChI=1S/C10H24N2O4Si.C3H7NO2/c1-4-14-17(15-5-2,16-6-3)9-7-8-12-10(11)13;1-2(4)3(5)6/h4-9H2,1-3H3,(H3,11,12,13);2H,4H2,1H3,(H,5,6). The van der Waals surface area contributed by atoms with Crippen molar-refractivity contribution in [3.63, 3.8) is 0 Å². The van der Waals surface area contributed by atoms with Crippen molar-refractivity contribution in [2.75, 3.05) is 26.4 Å². The summed E-state index contributed by atoms with van der Waals surface area (Å²) in [4.78, 5) is 20.1. The summed E-state index contributed by atoms with van der Waals surface area (Å²) < 4.78 is 17.0. The minimum Gasteiger partial charge on any atom is -0.480 e. The summed E-state index contributed by atoms with van der Waals surface area (Å²) in [6.07, 6.45) is 0.731. The summed E-state index contributed by atoms with van der Waals surface area (Å²) in [5.41, 5.74) is 9.82. The smallest absolute Gasteiger partial charge is 0.480 e. The second kappa shape index (κ2) is 14.4. The number of carboxylic acids is 1. The number of carbonyl (C=O) groups excluding carboxylic acids is 1. The maximum Gasteiger partial charge on any atom is 0.500 e. The van der Waals surface area contributed by atoms with E-state index >= 15 is 0 Å². The van der Waals surface area contributed by atoms with Gasteiger partial charge < -0.3 is 35.2 Å². The highest BCUT2D eigenvalue weighted by Gasteiger charge is 2.39. The molecule has 0 fully saturated rings. The Morgan fingerprint density at radius 3 is 1.78 bits per heavy atom. The zero-order valence-electron chi connectivity index (χ0n) is 14.5. The first kappa shape index (κ1) is 24.1. The largest absolute Gasteiger partial charge is 0.500 e. The van der Waals surface area contributed by atoms with Crippen LogP contribution in [0.2, 0.25) is 6.04 Å². The Kier molecular flexibility index (Phi) is 15.1. The lowest BCUT2D eigenvalue weighted by molar-refractivity contribution is -0.138. The topological polar surface area (TPSA) is 146 Å². The molecule has 0 heterocycles. The first-order valence-corrected chi connectivity index (χ1v) is 9.61. The van der Waals surface area contributed by atoms with Crippen molar-refractivity contribution in [2.45, 2.75) is 46.2 Å². The minimum atomic E-state index is -2.56. The molecule has 2 amide bonds. The van der Waals surface area contributed by atoms with Gasteiger partial charge in [0.25, 0.3) is 0 Å². The van der Waals surface area contributed by atoms with Crippen LogP contribution in [-0.2, 0) is 18.1 Å². The monoisotopic (exact) mass is 353 g/mol. The molecule has 0 rings (SSSR count). The van der Waals surface area contributed by atoms with Gasteiger partial charge in [-0.2, -0.15) is 0 Å². The van der Waals surface area contributed by atoms with Gasteiger partial charge in [0, 0.05) is 32.4 Å². The predicted molar refractivity (Wildman–Crippen MR) is 88.9 cm³/mol. The third kappa shape index (κ3) is 14.1. The van der Waals surface area contributed by atoms with E-state index < -0.39 is 26.8 Å². The first-order valence-electron chi connectivity index (χ1n) is 7.68. The van der Waals surface area contributed by atoms with E-state index in [-0.39, 0.29) is 0 Å². The van der Waals surface area contributed by atoms with E-state index in [1.54, 1.807) is 0 Å². The van der Waals surface area contributed by atoms with E-state index in [0.29, 0.717) is 32.4 Å². The lowest BCUT2D eigenvalue weighted by Crippen LogP contribution is -2.46. The van der Waals surface area contributed by atoms with Crippen molar-refractivity contribution in [1.29, 1.82) is 0 Å². The molecular weight excluding hydrogens is 322 g/mol. The van der Waals surface area contributed by atoms with Gasteiger partial charge in [0.2, 0.25) is 0 Å². The molecule has 0 saturated carbocycles. The molecule has 0 aromatic carbocycles. The number of carboxylic acid groups (broad SMARTS) is 1. The molecule has 1 atom stereocenters. The van der Waals surface area contributed by atoms with Gasteiger partial charge >= 0.3 is 20.8 Å². The number of amides is 2. The molecule has 0 aliphatic heterocycles. The molecule has 1 unspecified atom stereocenters. The highest BCUT2D eigenvalue weighted by Crippen LogP contribution is 2.17. The summed E-state index contributed by atoms with van der Waals surface area (Å²) >= 11 is 0. The first-order chi connectivity index (χ1) is 10.7. The van der Waals surface area contributed by atoms with Crippen LogP contribution >= 0.6 is 0 Å². The molecule has 10 heteroatoms. The fraction of sp³-hybridized carbons (Fsp3) is 0.846. The maximum atomic E-state index is 10.5. The van der Waals surface area contributed by atoms with E-state index in [2.05, 4.69) is 5.32 Å². The van der Waals surface area contributed by atoms with Crippen LogP contribution in [0.4, 0.5) is 4.79 Å². The predicted octanol–water partition coefficient (Wildman–Crippen LogP) is 0.511. The van der Waals surface area contributed by atoms with Gasteiger partial charge in [0.1, 0.15) is 6.04 Å². The number of rotatable bonds is 11. The molecule has 0 spiro atoms. The summed E-state index contributed by atoms with van der Waals surface area (Å²) in [6.45, 7) is 9.38. The van der Waals surface area contributed by atoms with Gasteiger partial charge in [-0.05, 0) is 34.1 Å². The second-order valence-electron chi connectivity index (χ2n) is 4.50. The van der Waals surface area contributed by atoms with Crippen molar-refractivity contribution in [3.05, 3.63) is 0 Å². The van der Waals surface area contributed by atoms with Crippen molar-refractivity contribution in [2.24, 2.45) is 11.5 Å². The van der Waals surface area contributed by atoms with Crippen LogP contribution in [0, 0.1) is 0 Å². The molecule has 138 valence electrons. The van der Waals surface area contributed by atoms with Crippen molar-refractivity contribution >= 4 is 20.8 Å². The SMILES string of the molecule is CC(N)C(=O)O.CCO[Si](CCCNC(N)=O)(OCC)OCC. The molecule has 0 aromatic heterocycles. The lowest BCUT2D eigenvalue weighted by Gasteiger charge is -2.28. The van der Waals surface area contributed by atoms with Gasteiger partial charge in [-0.3, -0.25) is 4.79 Å². The summed E-state index contributed by atoms with van der Waals surface area (Å²) in [6, 6.07) is -0.561. The highest BCUT2D eigenvalue weighted by atomic mass is 28.4. The Hall–Kier alpha value is -1.20. The molecule has 0 bridgehead atoms. The van der Waals surface area contributed by atoms with E-state index in [1.807, 2.05) is 20.8 Å². The van der Waals surface area contributed by atoms with E-state index in [1.165, 1.54) is 6.92 Å². The normalized spacial score (nSPS) is 12.0. The zero-order chi connectivity index (χ0) is 18.3. The minimum absolute atomic E-state index is 0.511. The van der Waals surface area contributed by atoms with Gasteiger partial charge in [-0.15, -0.1) is 0 Å². The number of nitrogens with one attached hydrogen (secondary N) is 1. The van der Waals surface area contributed by atoms with Gasteiger partial charge in [-0.1, -0.05) is 0 Å². The number of carbonyl (C=O) groups is 2. The second-order valence-corrected chi connectivity index (χ2v) is 7.24. The third-order valence-electron chi connectivity index (χ3n) is 2.44. The molecule has 6 N–H and O–H groups in total. The van der Waals surface area contributed by atoms with Crippen LogP contribution in [-0.4, -0.2) is 58.3 Å². The third-order valence-corrected chi connectivity index (χ3v) is 5.59. The van der Waals surface area contributed by atoms with Crippen molar-refractivity contribution in [1.82, 2.24) is 5.32 Å². The Balaban J connectivity index is 0. The maximum absolute atomic E-state index is 10.5. The Morgan fingerprint density at radius 2 is 1.52 bits per heavy atom. The summed E-state index contributed by atoms with van der Waals surface area (Å²) in [5, 5.41) is 10.4. The van der Waals surface area contributed by atoms with Crippen LogP contribution in [0.1, 0.15) is 34.1 Å². The quantitative estimate of drug-likeness (QED) is 0.312. The molecule has 0 aromatic rings. The number of aliphatic carboxylic acids is 1. The van der Waals surface area contributed by atoms with Gasteiger partial charge in [-0.25, -0.2) is 4.79 Å². The Labute approximate surface area is 139 Å². The molecular formula is C13H31N3O6Si. The zero-order valence-corrected chi connectivity index (χ0v) is 15.5. The molecule has 0 aliphatic carbocycles. The average molecular weight is 353 g/mol. The van der Waals surface area contributed by atoms with Crippen LogP contribution in [0.25, 0.3) is 0 Å². The highest BCUT2D eigenvalue weighted by molar-refractivity contribution is 6.60. The summed E-state index contributed by atoms with van der Waals surface area (Å²) in [5.74, 6) is -0.963. The summed E-state index contributed by atoms with van der Waals surface area (Å²) in [7, 11) is -2.56. The van der Waals surface area contributed by atoms with Gasteiger partial charge in [0.15, 0.2) is 0 Å². The average Bonchev–Trinajstić information content (AvgIpc) is 2.45. The molecule has 0 radical (unpaired) electrons. The molecule has 0 saturated heterocycles. The van der Waals surface area contributed by atoms with Crippen LogP contribution < -0.4 is 16.8 Å². The fourth-order valence-electron chi connectivity index (χ4n) is 1.52. The number of urea groups is 1. The fourth-order valence-corrected chi connectivity index (χ4v) is 4.13. The van der Waals surface area contributed by atoms with Crippen LogP contribution in [0.15, 0.2) is 0 Å². The molecule has 23 heavy (non-hydrogen) atoms.